The molecule has 0 bridgehead atoms. The van der Waals surface area contributed by atoms with Gasteiger partial charge in [0.25, 0.3) is 0 Å². The first-order valence-electron chi connectivity index (χ1n) is 11.2. The first-order chi connectivity index (χ1) is 16.4. The molecule has 6 nitrogen and oxygen atoms in total. The molecule has 3 aromatic heterocycles. The van der Waals surface area contributed by atoms with Crippen molar-refractivity contribution in [2.45, 2.75) is 38.1 Å². The van der Waals surface area contributed by atoms with Gasteiger partial charge in [0.05, 0.1) is 30.1 Å². The van der Waals surface area contributed by atoms with Gasteiger partial charge in [-0.1, -0.05) is 11.6 Å². The van der Waals surface area contributed by atoms with Gasteiger partial charge in [0.15, 0.2) is 0 Å². The number of nitrogens with two attached hydrogens (primary N) is 1. The van der Waals surface area contributed by atoms with E-state index in [0.717, 1.165) is 36.1 Å². The van der Waals surface area contributed by atoms with Crippen LogP contribution in [0.2, 0.25) is 0 Å². The highest BCUT2D eigenvalue weighted by atomic mass is 19.1. The van der Waals surface area contributed by atoms with Crippen molar-refractivity contribution < 1.29 is 13.5 Å². The number of pyridine rings is 1. The van der Waals surface area contributed by atoms with Gasteiger partial charge in [-0.15, -0.1) is 0 Å². The number of imidazole rings is 1. The van der Waals surface area contributed by atoms with E-state index in [1.165, 1.54) is 18.2 Å². The smallest absolute Gasteiger partial charge is 0.139 e. The molecule has 0 amide bonds. The van der Waals surface area contributed by atoms with Crippen LogP contribution in [-0.2, 0) is 6.42 Å². The van der Waals surface area contributed by atoms with Crippen molar-refractivity contribution in [3.8, 4) is 17.0 Å². The lowest BCUT2D eigenvalue weighted by molar-refractivity contribution is 0.407. The standard InChI is InChI=1S/C26H25F2N5O/c1-15-7-16(9-18(29)8-15)21-5-6-30-13-17(21)10-25-31-14-19-3-4-24(32-33(19)25)26-22(27)11-20(34-2)12-23(26)28/h3-6,8,11-14,16,18H,7,9-10,29H2,1-2H3/t16-,18+/m1/s1. The Morgan fingerprint density at radius 1 is 1.15 bits per heavy atom. The van der Waals surface area contributed by atoms with Crippen molar-refractivity contribution in [1.82, 2.24) is 19.6 Å². The summed E-state index contributed by atoms with van der Waals surface area (Å²) in [6.45, 7) is 2.11. The lowest BCUT2D eigenvalue weighted by Crippen LogP contribution is -2.25. The Balaban J connectivity index is 1.52. The molecule has 0 aliphatic heterocycles. The molecule has 174 valence electrons. The number of ether oxygens (including phenoxy) is 1. The summed E-state index contributed by atoms with van der Waals surface area (Å²) in [7, 11) is 1.36. The molecule has 0 saturated carbocycles. The van der Waals surface area contributed by atoms with Gasteiger partial charge in [-0.2, -0.15) is 5.10 Å². The minimum Gasteiger partial charge on any atom is -0.497 e. The molecule has 4 aromatic rings. The van der Waals surface area contributed by atoms with Crippen LogP contribution in [0.4, 0.5) is 8.78 Å². The molecule has 2 N–H and O–H groups in total. The molecule has 8 heteroatoms. The minimum absolute atomic E-state index is 0.0329. The third-order valence-corrected chi connectivity index (χ3v) is 6.32. The fraction of sp³-hybridized carbons (Fsp3) is 0.269. The molecule has 1 aliphatic rings. The van der Waals surface area contributed by atoms with Crippen molar-refractivity contribution >= 4 is 5.52 Å². The molecule has 0 saturated heterocycles. The zero-order valence-electron chi connectivity index (χ0n) is 19.0. The van der Waals surface area contributed by atoms with E-state index >= 15 is 0 Å². The maximum Gasteiger partial charge on any atom is 0.139 e. The first kappa shape index (κ1) is 22.2. The number of allylic oxidation sites excluding steroid dienone is 1. The molecule has 34 heavy (non-hydrogen) atoms. The number of hydrogen-bond donors (Lipinski definition) is 1. The highest BCUT2D eigenvalue weighted by Crippen LogP contribution is 2.34. The summed E-state index contributed by atoms with van der Waals surface area (Å²) in [6.07, 6.45) is 9.78. The fourth-order valence-corrected chi connectivity index (χ4v) is 4.79. The second-order valence-electron chi connectivity index (χ2n) is 8.76. The second-order valence-corrected chi connectivity index (χ2v) is 8.76. The second kappa shape index (κ2) is 8.95. The molecular formula is C26H25F2N5O. The zero-order chi connectivity index (χ0) is 23.8. The van der Waals surface area contributed by atoms with Crippen molar-refractivity contribution in [1.29, 1.82) is 0 Å². The van der Waals surface area contributed by atoms with Gasteiger partial charge in [-0.3, -0.25) is 4.98 Å². The molecule has 3 heterocycles. The number of halogens is 2. The van der Waals surface area contributed by atoms with Crippen molar-refractivity contribution in [3.63, 3.8) is 0 Å². The minimum atomic E-state index is -0.739. The Bertz CT molecular complexity index is 1370. The van der Waals surface area contributed by atoms with Crippen LogP contribution in [0, 0.1) is 11.6 Å². The van der Waals surface area contributed by atoms with Gasteiger partial charge < -0.3 is 10.5 Å². The van der Waals surface area contributed by atoms with Crippen molar-refractivity contribution in [2.24, 2.45) is 5.73 Å². The monoisotopic (exact) mass is 461 g/mol. The molecule has 0 spiro atoms. The summed E-state index contributed by atoms with van der Waals surface area (Å²) in [4.78, 5) is 8.87. The quantitative estimate of drug-likeness (QED) is 0.431. The Labute approximate surface area is 196 Å². The number of benzene rings is 1. The fourth-order valence-electron chi connectivity index (χ4n) is 4.79. The van der Waals surface area contributed by atoms with Gasteiger partial charge in [-0.05, 0) is 55.0 Å². The Morgan fingerprint density at radius 2 is 1.94 bits per heavy atom. The van der Waals surface area contributed by atoms with Gasteiger partial charge >= 0.3 is 0 Å². The van der Waals surface area contributed by atoms with Gasteiger partial charge in [0.1, 0.15) is 23.2 Å². The lowest BCUT2D eigenvalue weighted by Gasteiger charge is -2.27. The van der Waals surface area contributed by atoms with Crippen LogP contribution >= 0.6 is 0 Å². The number of fused-ring (bicyclic) bond motifs is 1. The van der Waals surface area contributed by atoms with Crippen LogP contribution in [0.5, 0.6) is 5.75 Å². The molecule has 0 radical (unpaired) electrons. The largest absolute Gasteiger partial charge is 0.497 e. The molecular weight excluding hydrogens is 436 g/mol. The van der Waals surface area contributed by atoms with E-state index in [9.17, 15) is 8.78 Å². The van der Waals surface area contributed by atoms with Crippen LogP contribution < -0.4 is 10.5 Å². The Kier molecular flexibility index (Phi) is 5.83. The molecule has 0 fully saturated rings. The first-order valence-corrected chi connectivity index (χ1v) is 11.2. The highest BCUT2D eigenvalue weighted by Gasteiger charge is 2.23. The van der Waals surface area contributed by atoms with E-state index < -0.39 is 11.6 Å². The Morgan fingerprint density at radius 3 is 2.68 bits per heavy atom. The number of rotatable bonds is 5. The molecule has 2 atom stereocenters. The highest BCUT2D eigenvalue weighted by molar-refractivity contribution is 5.63. The van der Waals surface area contributed by atoms with Crippen LogP contribution in [0.3, 0.4) is 0 Å². The van der Waals surface area contributed by atoms with E-state index in [1.54, 1.807) is 29.0 Å². The van der Waals surface area contributed by atoms with Crippen LogP contribution in [0.25, 0.3) is 16.8 Å². The summed E-state index contributed by atoms with van der Waals surface area (Å²) in [5, 5.41) is 4.53. The van der Waals surface area contributed by atoms with Crippen LogP contribution in [0.15, 0.2) is 60.6 Å². The number of nitrogens with zero attached hydrogens (tertiary/aromatic N) is 4. The van der Waals surface area contributed by atoms with E-state index in [-0.39, 0.29) is 23.0 Å². The number of hydrogen-bond acceptors (Lipinski definition) is 5. The predicted molar refractivity (Wildman–Crippen MR) is 126 cm³/mol. The summed E-state index contributed by atoms with van der Waals surface area (Å²) < 4.78 is 35.9. The third-order valence-electron chi connectivity index (χ3n) is 6.32. The summed E-state index contributed by atoms with van der Waals surface area (Å²) in [5.41, 5.74) is 10.5. The van der Waals surface area contributed by atoms with E-state index in [1.807, 2.05) is 12.3 Å². The zero-order valence-corrected chi connectivity index (χ0v) is 19.0. The molecule has 1 aromatic carbocycles. The van der Waals surface area contributed by atoms with E-state index in [4.69, 9.17) is 10.5 Å². The third kappa shape index (κ3) is 4.17. The van der Waals surface area contributed by atoms with E-state index in [0.29, 0.717) is 18.2 Å². The average Bonchev–Trinajstić information content (AvgIpc) is 3.20. The van der Waals surface area contributed by atoms with Crippen LogP contribution in [0.1, 0.15) is 42.6 Å². The van der Waals surface area contributed by atoms with E-state index in [2.05, 4.69) is 28.1 Å². The molecule has 0 unspecified atom stereocenters. The normalized spacial score (nSPS) is 18.2. The lowest BCUT2D eigenvalue weighted by atomic mass is 9.80. The summed E-state index contributed by atoms with van der Waals surface area (Å²) >= 11 is 0. The Hall–Kier alpha value is -3.65. The van der Waals surface area contributed by atoms with Crippen molar-refractivity contribution in [2.75, 3.05) is 7.11 Å². The SMILES string of the molecule is COc1cc(F)c(-c2ccc3cnc(Cc4cnccc4[C@@H]4CC(C)=C[C@H](N)C4)n3n2)c(F)c1. The van der Waals surface area contributed by atoms with Gasteiger partial charge in [0.2, 0.25) is 0 Å². The average molecular weight is 462 g/mol. The summed E-state index contributed by atoms with van der Waals surface area (Å²) in [5.74, 6) is -0.406. The predicted octanol–water partition coefficient (Wildman–Crippen LogP) is 4.82. The molecule has 1 aliphatic carbocycles. The maximum atomic E-state index is 14.7. The number of aromatic nitrogens is 4. The summed E-state index contributed by atoms with van der Waals surface area (Å²) in [6, 6.07) is 7.70. The maximum absolute atomic E-state index is 14.7. The van der Waals surface area contributed by atoms with Gasteiger partial charge in [-0.25, -0.2) is 18.3 Å². The van der Waals surface area contributed by atoms with Gasteiger partial charge in [0, 0.05) is 37.0 Å². The molecule has 5 rings (SSSR count). The van der Waals surface area contributed by atoms with Crippen LogP contribution in [-0.4, -0.2) is 32.7 Å². The number of methoxy groups -OCH3 is 1. The van der Waals surface area contributed by atoms with Crippen molar-refractivity contribution in [3.05, 3.63) is 89.2 Å². The topological polar surface area (TPSA) is 78.3 Å².